The number of halogens is 1. The number of hydrogen-bond acceptors (Lipinski definition) is 5. The number of benzene rings is 2. The third kappa shape index (κ3) is 5.61. The van der Waals surface area contributed by atoms with E-state index in [4.69, 9.17) is 16.3 Å². The molecule has 0 saturated heterocycles. The fourth-order valence-electron chi connectivity index (χ4n) is 3.27. The maximum absolute atomic E-state index is 12.4. The summed E-state index contributed by atoms with van der Waals surface area (Å²) >= 11 is 6.13. The maximum Gasteiger partial charge on any atom is 0.275 e. The van der Waals surface area contributed by atoms with Gasteiger partial charge < -0.3 is 10.1 Å². The van der Waals surface area contributed by atoms with Gasteiger partial charge in [0, 0.05) is 18.6 Å². The molecule has 0 aliphatic heterocycles. The number of rotatable bonds is 7. The fourth-order valence-corrected chi connectivity index (χ4v) is 3.41. The van der Waals surface area contributed by atoms with E-state index in [-0.39, 0.29) is 29.5 Å². The number of anilines is 1. The number of carbonyl (C=O) groups excluding carboxylic acids is 1. The second-order valence-electron chi connectivity index (χ2n) is 7.40. The third-order valence-corrected chi connectivity index (χ3v) is 5.21. The van der Waals surface area contributed by atoms with E-state index >= 15 is 0 Å². The predicted octanol–water partition coefficient (Wildman–Crippen LogP) is 5.50. The topological polar surface area (TPSA) is 99.3 Å². The molecule has 31 heavy (non-hydrogen) atoms. The average molecular weight is 443 g/mol. The number of nitro groups is 1. The zero-order valence-electron chi connectivity index (χ0n) is 17.7. The summed E-state index contributed by atoms with van der Waals surface area (Å²) in [5.41, 5.74) is 3.61. The minimum Gasteiger partial charge on any atom is -0.457 e. The van der Waals surface area contributed by atoms with Gasteiger partial charge in [0.15, 0.2) is 0 Å². The van der Waals surface area contributed by atoms with Gasteiger partial charge in [-0.3, -0.25) is 19.6 Å². The van der Waals surface area contributed by atoms with Crippen molar-refractivity contribution in [1.29, 1.82) is 0 Å². The molecule has 8 nitrogen and oxygen atoms in total. The molecule has 0 bridgehead atoms. The van der Waals surface area contributed by atoms with E-state index in [0.29, 0.717) is 23.0 Å². The molecule has 1 amide bonds. The lowest BCUT2D eigenvalue weighted by atomic mass is 10.1. The summed E-state index contributed by atoms with van der Waals surface area (Å²) < 4.78 is 7.50. The molecule has 9 heteroatoms. The maximum atomic E-state index is 12.4. The first-order valence-corrected chi connectivity index (χ1v) is 10.0. The largest absolute Gasteiger partial charge is 0.457 e. The van der Waals surface area contributed by atoms with E-state index in [1.807, 2.05) is 39.0 Å². The van der Waals surface area contributed by atoms with Gasteiger partial charge in [-0.25, -0.2) is 0 Å². The predicted molar refractivity (Wildman–Crippen MR) is 119 cm³/mol. The first-order chi connectivity index (χ1) is 14.6. The van der Waals surface area contributed by atoms with Gasteiger partial charge in [-0.1, -0.05) is 17.7 Å². The van der Waals surface area contributed by atoms with Crippen LogP contribution >= 0.6 is 11.6 Å². The Morgan fingerprint density at radius 1 is 1.10 bits per heavy atom. The SMILES string of the molecule is Cc1cc(C)cc(Oc2cc(NC(=O)CCn3nc(C)c(Cl)c3C)cc([N+](=O)[O-])c2)c1. The van der Waals surface area contributed by atoms with Gasteiger partial charge in [0.05, 0.1) is 39.6 Å². The van der Waals surface area contributed by atoms with Gasteiger partial charge in [0.1, 0.15) is 11.5 Å². The summed E-state index contributed by atoms with van der Waals surface area (Å²) in [6, 6.07) is 9.86. The Labute approximate surface area is 184 Å². The standard InChI is InChI=1S/C22H23ClN4O4/c1-13-7-14(2)9-19(8-13)31-20-11-17(10-18(12-20)27(29)30)24-21(28)5-6-26-16(4)22(23)15(3)25-26/h7-12H,5-6H2,1-4H3,(H,24,28). The van der Waals surface area contributed by atoms with Crippen LogP contribution in [0.2, 0.25) is 5.02 Å². The molecule has 0 spiro atoms. The molecule has 1 heterocycles. The highest BCUT2D eigenvalue weighted by molar-refractivity contribution is 6.31. The van der Waals surface area contributed by atoms with Crippen molar-refractivity contribution in [3.63, 3.8) is 0 Å². The molecule has 0 aliphatic carbocycles. The van der Waals surface area contributed by atoms with Crippen molar-refractivity contribution in [3.05, 3.63) is 74.0 Å². The highest BCUT2D eigenvalue weighted by atomic mass is 35.5. The number of hydrogen-bond donors (Lipinski definition) is 1. The second-order valence-corrected chi connectivity index (χ2v) is 7.78. The number of nitrogens with zero attached hydrogens (tertiary/aromatic N) is 3. The van der Waals surface area contributed by atoms with Crippen molar-refractivity contribution in [1.82, 2.24) is 9.78 Å². The second kappa shape index (κ2) is 9.18. The molecule has 0 atom stereocenters. The third-order valence-electron chi connectivity index (χ3n) is 4.66. The summed E-state index contributed by atoms with van der Waals surface area (Å²) in [7, 11) is 0. The average Bonchev–Trinajstić information content (AvgIpc) is 2.92. The molecule has 0 aliphatic rings. The normalized spacial score (nSPS) is 10.7. The van der Waals surface area contributed by atoms with Crippen LogP contribution in [0.3, 0.4) is 0 Å². The Balaban J connectivity index is 1.75. The van der Waals surface area contributed by atoms with Crippen LogP contribution in [-0.2, 0) is 11.3 Å². The van der Waals surface area contributed by atoms with Crippen LogP contribution in [0.4, 0.5) is 11.4 Å². The van der Waals surface area contributed by atoms with E-state index in [2.05, 4.69) is 10.4 Å². The molecule has 2 aromatic carbocycles. The number of aryl methyl sites for hydroxylation is 4. The molecule has 0 radical (unpaired) electrons. The number of non-ortho nitro benzene ring substituents is 1. The quantitative estimate of drug-likeness (QED) is 0.384. The number of nitrogens with one attached hydrogen (secondary N) is 1. The zero-order valence-corrected chi connectivity index (χ0v) is 18.5. The number of ether oxygens (including phenoxy) is 1. The lowest BCUT2D eigenvalue weighted by Crippen LogP contribution is -2.15. The van der Waals surface area contributed by atoms with Gasteiger partial charge >= 0.3 is 0 Å². The summed E-state index contributed by atoms with van der Waals surface area (Å²) in [5.74, 6) is 0.526. The van der Waals surface area contributed by atoms with Crippen molar-refractivity contribution < 1.29 is 14.5 Å². The highest BCUT2D eigenvalue weighted by Gasteiger charge is 2.15. The van der Waals surface area contributed by atoms with Crippen LogP contribution in [0.25, 0.3) is 0 Å². The zero-order chi connectivity index (χ0) is 22.7. The van der Waals surface area contributed by atoms with E-state index in [0.717, 1.165) is 16.8 Å². The highest BCUT2D eigenvalue weighted by Crippen LogP contribution is 2.30. The van der Waals surface area contributed by atoms with Gasteiger partial charge in [-0.05, 0) is 51.0 Å². The Kier molecular flexibility index (Phi) is 6.60. The van der Waals surface area contributed by atoms with Crippen molar-refractivity contribution in [2.45, 2.75) is 40.7 Å². The van der Waals surface area contributed by atoms with Crippen molar-refractivity contribution >= 4 is 28.9 Å². The Hall–Kier alpha value is -3.39. The Morgan fingerprint density at radius 2 is 1.74 bits per heavy atom. The molecule has 0 fully saturated rings. The van der Waals surface area contributed by atoms with E-state index in [1.54, 1.807) is 17.7 Å². The van der Waals surface area contributed by atoms with Crippen LogP contribution in [0, 0.1) is 37.8 Å². The van der Waals surface area contributed by atoms with E-state index < -0.39 is 4.92 Å². The smallest absolute Gasteiger partial charge is 0.275 e. The molecular formula is C22H23ClN4O4. The lowest BCUT2D eigenvalue weighted by molar-refractivity contribution is -0.384. The van der Waals surface area contributed by atoms with Crippen molar-refractivity contribution in [2.24, 2.45) is 0 Å². The molecule has 1 aromatic heterocycles. The molecule has 0 unspecified atom stereocenters. The summed E-state index contributed by atoms with van der Waals surface area (Å²) in [6.07, 6.45) is 0.133. The van der Waals surface area contributed by atoms with Gasteiger partial charge in [-0.2, -0.15) is 5.10 Å². The number of nitro benzene ring substituents is 1. The fraction of sp³-hybridized carbons (Fsp3) is 0.273. The first kappa shape index (κ1) is 22.3. The molecule has 3 aromatic rings. The molecule has 162 valence electrons. The minimum absolute atomic E-state index is 0.133. The van der Waals surface area contributed by atoms with E-state index in [9.17, 15) is 14.9 Å². The van der Waals surface area contributed by atoms with Crippen LogP contribution in [0.15, 0.2) is 36.4 Å². The monoisotopic (exact) mass is 442 g/mol. The Bertz CT molecular complexity index is 1140. The molecular weight excluding hydrogens is 420 g/mol. The number of aromatic nitrogens is 2. The molecule has 0 saturated carbocycles. The van der Waals surface area contributed by atoms with Gasteiger partial charge in [-0.15, -0.1) is 0 Å². The van der Waals surface area contributed by atoms with Crippen molar-refractivity contribution in [2.75, 3.05) is 5.32 Å². The lowest BCUT2D eigenvalue weighted by Gasteiger charge is -2.11. The number of amides is 1. The summed E-state index contributed by atoms with van der Waals surface area (Å²) in [5, 5.41) is 18.9. The van der Waals surface area contributed by atoms with Crippen LogP contribution in [-0.4, -0.2) is 20.6 Å². The number of carbonyl (C=O) groups is 1. The van der Waals surface area contributed by atoms with Gasteiger partial charge in [0.25, 0.3) is 5.69 Å². The van der Waals surface area contributed by atoms with Crippen LogP contribution in [0.5, 0.6) is 11.5 Å². The van der Waals surface area contributed by atoms with Gasteiger partial charge in [0.2, 0.25) is 5.91 Å². The summed E-state index contributed by atoms with van der Waals surface area (Å²) in [6.45, 7) is 7.85. The molecule has 3 rings (SSSR count). The molecule has 1 N–H and O–H groups in total. The summed E-state index contributed by atoms with van der Waals surface area (Å²) in [4.78, 5) is 23.3. The minimum atomic E-state index is -0.526. The Morgan fingerprint density at radius 3 is 2.32 bits per heavy atom. The van der Waals surface area contributed by atoms with Crippen molar-refractivity contribution in [3.8, 4) is 11.5 Å². The van der Waals surface area contributed by atoms with Crippen LogP contribution in [0.1, 0.15) is 28.9 Å². The van der Waals surface area contributed by atoms with Crippen LogP contribution < -0.4 is 10.1 Å². The first-order valence-electron chi connectivity index (χ1n) is 9.67. The van der Waals surface area contributed by atoms with E-state index in [1.165, 1.54) is 12.1 Å².